The quantitative estimate of drug-likeness (QED) is 0.343. The molecule has 2 heterocycles. The zero-order valence-electron chi connectivity index (χ0n) is 21.7. The lowest BCUT2D eigenvalue weighted by Crippen LogP contribution is -2.51. The van der Waals surface area contributed by atoms with Gasteiger partial charge in [0.1, 0.15) is 16.9 Å². The zero-order valence-corrected chi connectivity index (χ0v) is 24.1. The molecule has 9 heteroatoms. The first kappa shape index (κ1) is 26.9. The van der Waals surface area contributed by atoms with Crippen molar-refractivity contribution in [2.75, 3.05) is 14.2 Å². The van der Waals surface area contributed by atoms with Crippen LogP contribution in [0.2, 0.25) is 0 Å². The summed E-state index contributed by atoms with van der Waals surface area (Å²) in [4.78, 5) is 35.6. The molecule has 1 aromatic heterocycles. The molecule has 0 saturated heterocycles. The zero-order chi connectivity index (χ0) is 27.0. The Morgan fingerprint density at radius 3 is 2.35 bits per heavy atom. The topological polar surface area (TPSA) is 71.4 Å². The first-order valence-electron chi connectivity index (χ1n) is 11.8. The highest BCUT2D eigenvalue weighted by molar-refractivity contribution is 9.11. The van der Waals surface area contributed by atoms with E-state index in [-0.39, 0.29) is 11.9 Å². The van der Waals surface area contributed by atoms with Gasteiger partial charge in [0.25, 0.3) is 5.91 Å². The summed E-state index contributed by atoms with van der Waals surface area (Å²) in [6.07, 6.45) is -0.762. The number of guanidine groups is 1. The third-order valence-electron chi connectivity index (χ3n) is 6.21. The molecule has 2 amide bonds. The van der Waals surface area contributed by atoms with Crippen LogP contribution in [0.15, 0.2) is 69.4 Å². The number of nitrogens with zero attached hydrogens (tertiary/aromatic N) is 3. The third-order valence-corrected chi connectivity index (χ3v) is 8.04. The standard InChI is InChI=1S/C28H30BrN3O4S/c1-27(2,3)36-26(34)30-25-31(5)24(33)20-9-7-8-10-21(20)28(4,22-15-16-23(29)37-22)32(25)17-18-11-13-19(35-6)14-12-18/h7-16H,17H2,1-6H3. The normalized spacial score (nSPS) is 19.0. The lowest BCUT2D eigenvalue weighted by Gasteiger charge is -2.42. The lowest BCUT2D eigenvalue weighted by molar-refractivity contribution is 0.0595. The number of benzene rings is 2. The Kier molecular flexibility index (Phi) is 7.48. The molecule has 1 aliphatic heterocycles. The Bertz CT molecular complexity index is 1350. The van der Waals surface area contributed by atoms with Crippen molar-refractivity contribution < 1.29 is 19.1 Å². The van der Waals surface area contributed by atoms with E-state index < -0.39 is 17.2 Å². The molecule has 1 unspecified atom stereocenters. The van der Waals surface area contributed by atoms with Crippen LogP contribution < -0.4 is 4.74 Å². The van der Waals surface area contributed by atoms with E-state index in [2.05, 4.69) is 27.8 Å². The highest BCUT2D eigenvalue weighted by atomic mass is 79.9. The van der Waals surface area contributed by atoms with Crippen molar-refractivity contribution in [3.05, 3.63) is 86.0 Å². The molecular weight excluding hydrogens is 554 g/mol. The summed E-state index contributed by atoms with van der Waals surface area (Å²) in [6, 6.07) is 19.3. The van der Waals surface area contributed by atoms with Gasteiger partial charge in [-0.1, -0.05) is 30.3 Å². The van der Waals surface area contributed by atoms with Crippen molar-refractivity contribution in [2.45, 2.75) is 45.4 Å². The summed E-state index contributed by atoms with van der Waals surface area (Å²) in [7, 11) is 3.26. The van der Waals surface area contributed by atoms with Crippen LogP contribution in [-0.2, 0) is 16.8 Å². The third kappa shape index (κ3) is 5.43. The fourth-order valence-electron chi connectivity index (χ4n) is 4.38. The van der Waals surface area contributed by atoms with Crippen LogP contribution in [0.4, 0.5) is 4.79 Å². The SMILES string of the molecule is COc1ccc(CN2C(=NC(=O)OC(C)(C)C)N(C)C(=O)c3ccccc3C2(C)c2ccc(Br)s2)cc1. The van der Waals surface area contributed by atoms with Crippen molar-refractivity contribution in [2.24, 2.45) is 4.99 Å². The van der Waals surface area contributed by atoms with Crippen LogP contribution in [0.1, 0.15) is 54.1 Å². The second-order valence-corrected chi connectivity index (χ2v) is 12.4. The van der Waals surface area contributed by atoms with Crippen LogP contribution in [0.25, 0.3) is 0 Å². The van der Waals surface area contributed by atoms with Crippen molar-refractivity contribution in [3.63, 3.8) is 0 Å². The smallest absolute Gasteiger partial charge is 0.437 e. The minimum Gasteiger partial charge on any atom is -0.497 e. The van der Waals surface area contributed by atoms with Gasteiger partial charge in [0.15, 0.2) is 0 Å². The molecule has 2 aromatic carbocycles. The van der Waals surface area contributed by atoms with Gasteiger partial charge in [-0.2, -0.15) is 0 Å². The van der Waals surface area contributed by atoms with E-state index in [0.717, 1.165) is 25.5 Å². The number of aliphatic imine (C=N–C) groups is 1. The number of carbonyl (C=O) groups excluding carboxylic acids is 2. The molecule has 0 radical (unpaired) electrons. The van der Waals surface area contributed by atoms with Crippen LogP contribution >= 0.6 is 27.3 Å². The Hall–Kier alpha value is -3.17. The Labute approximate surface area is 229 Å². The number of hydrogen-bond donors (Lipinski definition) is 0. The molecule has 4 rings (SSSR count). The maximum absolute atomic E-state index is 13.8. The van der Waals surface area contributed by atoms with Crippen LogP contribution in [-0.4, -0.2) is 47.5 Å². The summed E-state index contributed by atoms with van der Waals surface area (Å²) >= 11 is 5.18. The number of thiophene rings is 1. The van der Waals surface area contributed by atoms with Gasteiger partial charge in [0.05, 0.1) is 10.9 Å². The largest absolute Gasteiger partial charge is 0.497 e. The van der Waals surface area contributed by atoms with Gasteiger partial charge in [-0.15, -0.1) is 16.3 Å². The van der Waals surface area contributed by atoms with Crippen molar-refractivity contribution >= 4 is 45.2 Å². The number of ether oxygens (including phenoxy) is 2. The van der Waals surface area contributed by atoms with Crippen LogP contribution in [0, 0.1) is 0 Å². The average molecular weight is 585 g/mol. The van der Waals surface area contributed by atoms with Gasteiger partial charge < -0.3 is 14.4 Å². The molecule has 7 nitrogen and oxygen atoms in total. The first-order valence-corrected chi connectivity index (χ1v) is 13.4. The van der Waals surface area contributed by atoms with Gasteiger partial charge in [-0.05, 0) is 85.1 Å². The number of fused-ring (bicyclic) bond motifs is 1. The second-order valence-electron chi connectivity index (χ2n) is 9.91. The first-order chi connectivity index (χ1) is 17.4. The molecule has 0 aliphatic carbocycles. The van der Waals surface area contributed by atoms with E-state index >= 15 is 0 Å². The maximum atomic E-state index is 13.8. The molecular formula is C28H30BrN3O4S. The highest BCUT2D eigenvalue weighted by Gasteiger charge is 2.46. The average Bonchev–Trinajstić information content (AvgIpc) is 3.28. The van der Waals surface area contributed by atoms with Crippen LogP contribution in [0.5, 0.6) is 5.75 Å². The summed E-state index contributed by atoms with van der Waals surface area (Å²) in [5, 5.41) is 0. The molecule has 0 spiro atoms. The van der Waals surface area contributed by atoms with E-state index in [1.54, 1.807) is 46.3 Å². The summed E-state index contributed by atoms with van der Waals surface area (Å²) in [5.41, 5.74) is 0.754. The van der Waals surface area contributed by atoms with E-state index in [9.17, 15) is 9.59 Å². The molecule has 37 heavy (non-hydrogen) atoms. The van der Waals surface area contributed by atoms with Gasteiger partial charge >= 0.3 is 6.09 Å². The fraction of sp³-hybridized carbons (Fsp3) is 0.321. The monoisotopic (exact) mass is 583 g/mol. The summed E-state index contributed by atoms with van der Waals surface area (Å²) < 4.78 is 11.8. The highest BCUT2D eigenvalue weighted by Crippen LogP contribution is 2.45. The molecule has 0 N–H and O–H groups in total. The Morgan fingerprint density at radius 2 is 1.76 bits per heavy atom. The minimum absolute atomic E-state index is 0.207. The van der Waals surface area contributed by atoms with Gasteiger partial charge in [-0.25, -0.2) is 4.79 Å². The molecule has 0 bridgehead atoms. The van der Waals surface area contributed by atoms with Crippen molar-refractivity contribution in [1.82, 2.24) is 9.80 Å². The molecule has 194 valence electrons. The lowest BCUT2D eigenvalue weighted by atomic mass is 9.85. The second kappa shape index (κ2) is 10.3. The molecule has 3 aromatic rings. The van der Waals surface area contributed by atoms with E-state index in [1.807, 2.05) is 65.6 Å². The predicted molar refractivity (Wildman–Crippen MR) is 149 cm³/mol. The number of methoxy groups -OCH3 is 1. The van der Waals surface area contributed by atoms with E-state index in [0.29, 0.717) is 12.1 Å². The predicted octanol–water partition coefficient (Wildman–Crippen LogP) is 6.66. The van der Waals surface area contributed by atoms with Gasteiger partial charge in [0.2, 0.25) is 5.96 Å². The number of hydrogen-bond acceptors (Lipinski definition) is 5. The summed E-state index contributed by atoms with van der Waals surface area (Å²) in [5.74, 6) is 0.695. The number of amides is 2. The van der Waals surface area contributed by atoms with Gasteiger partial charge in [-0.3, -0.25) is 9.69 Å². The van der Waals surface area contributed by atoms with E-state index in [4.69, 9.17) is 9.47 Å². The van der Waals surface area contributed by atoms with Crippen LogP contribution in [0.3, 0.4) is 0 Å². The minimum atomic E-state index is -0.839. The van der Waals surface area contributed by atoms with Gasteiger partial charge in [0, 0.05) is 24.0 Å². The molecule has 1 atom stereocenters. The Balaban J connectivity index is 1.98. The van der Waals surface area contributed by atoms with Crippen molar-refractivity contribution in [3.8, 4) is 5.75 Å². The molecule has 1 aliphatic rings. The molecule has 0 fully saturated rings. The number of rotatable bonds is 4. The summed E-state index contributed by atoms with van der Waals surface area (Å²) in [6.45, 7) is 7.77. The number of halogens is 1. The Morgan fingerprint density at radius 1 is 1.08 bits per heavy atom. The van der Waals surface area contributed by atoms with Crippen molar-refractivity contribution in [1.29, 1.82) is 0 Å². The fourth-order valence-corrected chi connectivity index (χ4v) is 5.93. The maximum Gasteiger partial charge on any atom is 0.437 e. The molecule has 0 saturated carbocycles. The van der Waals surface area contributed by atoms with E-state index in [1.165, 1.54) is 4.90 Å². The number of carbonyl (C=O) groups is 2.